The molecule has 0 saturated carbocycles. The van der Waals surface area contributed by atoms with E-state index in [1.54, 1.807) is 12.3 Å². The number of rotatable bonds is 3. The van der Waals surface area contributed by atoms with Crippen LogP contribution in [0, 0.1) is 11.3 Å². The lowest BCUT2D eigenvalue weighted by atomic mass is 10.1. The molecule has 1 N–H and O–H groups in total. The van der Waals surface area contributed by atoms with Crippen molar-refractivity contribution >= 4 is 22.5 Å². The van der Waals surface area contributed by atoms with Crippen LogP contribution in [0.5, 0.6) is 0 Å². The Hall–Kier alpha value is -2.76. The molecule has 2 aliphatic rings. The third-order valence-electron chi connectivity index (χ3n) is 5.52. The number of nitrogens with zero attached hydrogens (tertiary/aromatic N) is 4. The Morgan fingerprint density at radius 3 is 2.86 bits per heavy atom. The highest BCUT2D eigenvalue weighted by molar-refractivity contribution is 5.95. The molecular formula is C21H24FN5O2. The zero-order valence-corrected chi connectivity index (χ0v) is 16.5. The Bertz CT molecular complexity index is 962. The van der Waals surface area contributed by atoms with E-state index in [0.717, 1.165) is 11.1 Å². The van der Waals surface area contributed by atoms with E-state index in [-0.39, 0.29) is 12.0 Å². The van der Waals surface area contributed by atoms with Crippen LogP contribution in [-0.2, 0) is 9.53 Å². The van der Waals surface area contributed by atoms with Gasteiger partial charge in [-0.15, -0.1) is 0 Å². The minimum absolute atomic E-state index is 0.172. The van der Waals surface area contributed by atoms with Crippen LogP contribution in [0.4, 0.5) is 10.1 Å². The third-order valence-corrected chi connectivity index (χ3v) is 5.52. The number of alkyl halides is 1. The van der Waals surface area contributed by atoms with E-state index < -0.39 is 18.3 Å². The van der Waals surface area contributed by atoms with Gasteiger partial charge in [-0.25, -0.2) is 4.39 Å². The summed E-state index contributed by atoms with van der Waals surface area (Å²) >= 11 is 0. The number of halogens is 1. The van der Waals surface area contributed by atoms with Gasteiger partial charge in [0.2, 0.25) is 0 Å². The summed E-state index contributed by atoms with van der Waals surface area (Å²) in [6.07, 6.45) is -0.278. The first kappa shape index (κ1) is 19.6. The summed E-state index contributed by atoms with van der Waals surface area (Å²) in [5, 5.41) is 13.0. The van der Waals surface area contributed by atoms with E-state index >= 15 is 0 Å². The number of hydrogen-bond donors (Lipinski definition) is 1. The Kier molecular flexibility index (Phi) is 5.35. The zero-order chi connectivity index (χ0) is 20.5. The SMILES string of the molecule is CC1CN(c2ccc(C#N)c3ncccc23)C[C@H](C(=O)NC2CN(C)C[C@H]2F)O1. The number of nitriles is 1. The van der Waals surface area contributed by atoms with Crippen molar-refractivity contribution < 1.29 is 13.9 Å². The Morgan fingerprint density at radius 1 is 1.31 bits per heavy atom. The van der Waals surface area contributed by atoms with E-state index in [2.05, 4.69) is 21.3 Å². The summed E-state index contributed by atoms with van der Waals surface area (Å²) in [4.78, 5) is 21.1. The lowest BCUT2D eigenvalue weighted by Gasteiger charge is -2.38. The fourth-order valence-electron chi connectivity index (χ4n) is 4.18. The number of fused-ring (bicyclic) bond motifs is 1. The molecule has 4 atom stereocenters. The fraction of sp³-hybridized carbons (Fsp3) is 0.476. The second kappa shape index (κ2) is 7.93. The monoisotopic (exact) mass is 397 g/mol. The van der Waals surface area contributed by atoms with E-state index in [1.165, 1.54) is 0 Å². The molecule has 1 amide bonds. The van der Waals surface area contributed by atoms with Crippen LogP contribution in [0.1, 0.15) is 12.5 Å². The average molecular weight is 397 g/mol. The van der Waals surface area contributed by atoms with Gasteiger partial charge in [-0.1, -0.05) is 0 Å². The minimum atomic E-state index is -1.07. The molecule has 0 spiro atoms. The number of carbonyl (C=O) groups excluding carboxylic acids is 1. The largest absolute Gasteiger partial charge is 0.365 e. The predicted octanol–water partition coefficient (Wildman–Crippen LogP) is 1.47. The van der Waals surface area contributed by atoms with Crippen molar-refractivity contribution in [1.82, 2.24) is 15.2 Å². The van der Waals surface area contributed by atoms with Crippen LogP contribution >= 0.6 is 0 Å². The average Bonchev–Trinajstić information content (AvgIpc) is 3.03. The van der Waals surface area contributed by atoms with Crippen molar-refractivity contribution in [2.45, 2.75) is 31.3 Å². The van der Waals surface area contributed by atoms with Gasteiger partial charge in [0, 0.05) is 36.9 Å². The Labute approximate surface area is 169 Å². The number of nitrogens with one attached hydrogen (secondary N) is 1. The first-order valence-electron chi connectivity index (χ1n) is 9.77. The van der Waals surface area contributed by atoms with Crippen LogP contribution in [-0.4, -0.2) is 73.4 Å². The molecule has 0 aliphatic carbocycles. The molecule has 4 rings (SSSR count). The smallest absolute Gasteiger partial charge is 0.251 e. The molecule has 0 bridgehead atoms. The van der Waals surface area contributed by atoms with Gasteiger partial charge in [0.05, 0.1) is 29.8 Å². The number of morpholine rings is 1. The van der Waals surface area contributed by atoms with Crippen molar-refractivity contribution in [1.29, 1.82) is 5.26 Å². The first-order valence-corrected chi connectivity index (χ1v) is 9.77. The van der Waals surface area contributed by atoms with Gasteiger partial charge >= 0.3 is 0 Å². The van der Waals surface area contributed by atoms with Gasteiger partial charge in [-0.2, -0.15) is 5.26 Å². The first-order chi connectivity index (χ1) is 14.0. The maximum absolute atomic E-state index is 14.1. The van der Waals surface area contributed by atoms with Crippen molar-refractivity contribution in [2.75, 3.05) is 38.1 Å². The lowest BCUT2D eigenvalue weighted by Crippen LogP contribution is -2.55. The zero-order valence-electron chi connectivity index (χ0n) is 16.5. The minimum Gasteiger partial charge on any atom is -0.365 e. The molecule has 2 fully saturated rings. The van der Waals surface area contributed by atoms with Gasteiger partial charge in [-0.05, 0) is 38.2 Å². The summed E-state index contributed by atoms with van der Waals surface area (Å²) in [5.74, 6) is -0.291. The van der Waals surface area contributed by atoms with Crippen LogP contribution in [0.25, 0.3) is 10.9 Å². The van der Waals surface area contributed by atoms with E-state index in [0.29, 0.717) is 37.3 Å². The number of ether oxygens (including phenoxy) is 1. The number of aromatic nitrogens is 1. The van der Waals surface area contributed by atoms with Gasteiger partial charge in [0.1, 0.15) is 12.2 Å². The second-order valence-corrected chi connectivity index (χ2v) is 7.84. The molecular weight excluding hydrogens is 373 g/mol. The third kappa shape index (κ3) is 3.88. The molecule has 3 heterocycles. The molecule has 2 unspecified atom stereocenters. The molecule has 7 nitrogen and oxygen atoms in total. The number of carbonyl (C=O) groups is 1. The summed E-state index contributed by atoms with van der Waals surface area (Å²) < 4.78 is 20.0. The maximum Gasteiger partial charge on any atom is 0.251 e. The van der Waals surface area contributed by atoms with Crippen molar-refractivity contribution in [3.05, 3.63) is 36.0 Å². The Balaban J connectivity index is 1.56. The van der Waals surface area contributed by atoms with E-state index in [9.17, 15) is 14.4 Å². The number of hydrogen-bond acceptors (Lipinski definition) is 6. The number of anilines is 1. The van der Waals surface area contributed by atoms with Crippen molar-refractivity contribution in [3.8, 4) is 6.07 Å². The number of likely N-dealkylation sites (N-methyl/N-ethyl adjacent to an activating group) is 1. The molecule has 2 aliphatic heterocycles. The topological polar surface area (TPSA) is 81.5 Å². The highest BCUT2D eigenvalue weighted by Crippen LogP contribution is 2.30. The van der Waals surface area contributed by atoms with Crippen molar-refractivity contribution in [2.24, 2.45) is 0 Å². The summed E-state index contributed by atoms with van der Waals surface area (Å²) in [6.45, 7) is 3.69. The summed E-state index contributed by atoms with van der Waals surface area (Å²) in [7, 11) is 1.84. The molecule has 2 saturated heterocycles. The van der Waals surface area contributed by atoms with Crippen LogP contribution in [0.3, 0.4) is 0 Å². The highest BCUT2D eigenvalue weighted by atomic mass is 19.1. The molecule has 1 aromatic carbocycles. The molecule has 29 heavy (non-hydrogen) atoms. The number of benzene rings is 1. The molecule has 0 radical (unpaired) electrons. The van der Waals surface area contributed by atoms with Gasteiger partial charge < -0.3 is 19.9 Å². The van der Waals surface area contributed by atoms with Crippen LogP contribution in [0.15, 0.2) is 30.5 Å². The maximum atomic E-state index is 14.1. The van der Waals surface area contributed by atoms with E-state index in [1.807, 2.05) is 37.1 Å². The molecule has 1 aromatic heterocycles. The number of likely N-dealkylation sites (tertiary alicyclic amines) is 1. The van der Waals surface area contributed by atoms with Gasteiger partial charge in [0.15, 0.2) is 6.10 Å². The quantitative estimate of drug-likeness (QED) is 0.845. The van der Waals surface area contributed by atoms with Gasteiger partial charge in [0.25, 0.3) is 5.91 Å². The number of pyridine rings is 1. The number of amides is 1. The van der Waals surface area contributed by atoms with E-state index in [4.69, 9.17) is 4.74 Å². The van der Waals surface area contributed by atoms with Gasteiger partial charge in [-0.3, -0.25) is 9.78 Å². The fourth-order valence-corrected chi connectivity index (χ4v) is 4.18. The molecule has 2 aromatic rings. The lowest BCUT2D eigenvalue weighted by molar-refractivity contribution is -0.138. The summed E-state index contributed by atoms with van der Waals surface area (Å²) in [6, 6.07) is 9.06. The Morgan fingerprint density at radius 2 is 2.14 bits per heavy atom. The predicted molar refractivity (Wildman–Crippen MR) is 107 cm³/mol. The van der Waals surface area contributed by atoms with Crippen molar-refractivity contribution in [3.63, 3.8) is 0 Å². The van der Waals surface area contributed by atoms with Crippen LogP contribution < -0.4 is 10.2 Å². The standard InChI is InChI=1S/C21H24FN5O2/c1-13-9-27(18-6-5-14(8-23)20-15(18)4-3-7-24-20)12-19(29-13)21(28)25-17-11-26(2)10-16(17)22/h3-7,13,16-17,19H,9-12H2,1-2H3,(H,25,28)/t13?,16-,17?,19-/m1/s1. The second-order valence-electron chi connectivity index (χ2n) is 7.84. The molecule has 152 valence electrons. The normalized spacial score (nSPS) is 27.7. The summed E-state index contributed by atoms with van der Waals surface area (Å²) in [5.41, 5.74) is 2.06. The molecule has 8 heteroatoms. The highest BCUT2D eigenvalue weighted by Gasteiger charge is 2.36. The van der Waals surface area contributed by atoms with Crippen LogP contribution in [0.2, 0.25) is 0 Å².